The van der Waals surface area contributed by atoms with Crippen LogP contribution >= 0.6 is 0 Å². The number of nitrogens with zero attached hydrogens (tertiary/aromatic N) is 3. The van der Waals surface area contributed by atoms with E-state index in [1.807, 2.05) is 6.07 Å². The minimum Gasteiger partial charge on any atom is -0.368 e. The lowest BCUT2D eigenvalue weighted by Gasteiger charge is -2.35. The number of nitrogens with one attached hydrogen (secondary N) is 1. The fourth-order valence-corrected chi connectivity index (χ4v) is 2.76. The smallest absolute Gasteiger partial charge is 0.256 e. The van der Waals surface area contributed by atoms with Gasteiger partial charge in [-0.25, -0.2) is 9.37 Å². The minimum absolute atomic E-state index is 0.299. The number of pyridine rings is 1. The first-order valence-electron chi connectivity index (χ1n) is 8.16. The number of aromatic nitrogens is 1. The number of hydrogen-bond donors (Lipinski definition) is 1. The third kappa shape index (κ3) is 3.89. The SMILES string of the molecule is CCN1CCN(c2ccc(NC(=O)c3ccc(F)cc3)nc2)CC1. The molecule has 0 unspecified atom stereocenters. The van der Waals surface area contributed by atoms with Crippen molar-refractivity contribution in [1.82, 2.24) is 9.88 Å². The number of rotatable bonds is 4. The van der Waals surface area contributed by atoms with Crippen LogP contribution in [-0.4, -0.2) is 48.5 Å². The molecule has 0 aliphatic carbocycles. The lowest BCUT2D eigenvalue weighted by atomic mass is 10.2. The largest absolute Gasteiger partial charge is 0.368 e. The molecular formula is C18H21FN4O. The Morgan fingerprint density at radius 2 is 1.83 bits per heavy atom. The van der Waals surface area contributed by atoms with E-state index in [0.717, 1.165) is 38.4 Å². The van der Waals surface area contributed by atoms with Gasteiger partial charge in [0.25, 0.3) is 5.91 Å². The van der Waals surface area contributed by atoms with Crippen LogP contribution in [0.25, 0.3) is 0 Å². The Hall–Kier alpha value is -2.47. The maximum Gasteiger partial charge on any atom is 0.256 e. The van der Waals surface area contributed by atoms with E-state index in [-0.39, 0.29) is 11.7 Å². The van der Waals surface area contributed by atoms with Gasteiger partial charge in [-0.05, 0) is 42.9 Å². The molecule has 1 amide bonds. The topological polar surface area (TPSA) is 48.5 Å². The molecule has 1 fully saturated rings. The van der Waals surface area contributed by atoms with Crippen molar-refractivity contribution in [1.29, 1.82) is 0 Å². The summed E-state index contributed by atoms with van der Waals surface area (Å²) in [7, 11) is 0. The Balaban J connectivity index is 1.60. The van der Waals surface area contributed by atoms with E-state index in [2.05, 4.69) is 27.0 Å². The highest BCUT2D eigenvalue weighted by atomic mass is 19.1. The van der Waals surface area contributed by atoms with Crippen LogP contribution in [0.4, 0.5) is 15.9 Å². The number of carbonyl (C=O) groups excluding carboxylic acids is 1. The third-order valence-corrected chi connectivity index (χ3v) is 4.28. The first-order valence-corrected chi connectivity index (χ1v) is 8.16. The highest BCUT2D eigenvalue weighted by Crippen LogP contribution is 2.17. The molecule has 0 radical (unpaired) electrons. The molecule has 1 N–H and O–H groups in total. The zero-order chi connectivity index (χ0) is 16.9. The van der Waals surface area contributed by atoms with Crippen LogP contribution < -0.4 is 10.2 Å². The Morgan fingerprint density at radius 3 is 2.42 bits per heavy atom. The van der Waals surface area contributed by atoms with E-state index in [1.54, 1.807) is 12.3 Å². The first-order chi connectivity index (χ1) is 11.7. The predicted molar refractivity (Wildman–Crippen MR) is 92.9 cm³/mol. The molecule has 2 heterocycles. The fraction of sp³-hybridized carbons (Fsp3) is 0.333. The summed E-state index contributed by atoms with van der Waals surface area (Å²) in [4.78, 5) is 21.1. The van der Waals surface area contributed by atoms with Crippen LogP contribution in [0.5, 0.6) is 0 Å². The van der Waals surface area contributed by atoms with Gasteiger partial charge < -0.3 is 15.1 Å². The second kappa shape index (κ2) is 7.40. The lowest BCUT2D eigenvalue weighted by molar-refractivity contribution is 0.102. The van der Waals surface area contributed by atoms with Gasteiger partial charge in [-0.3, -0.25) is 4.79 Å². The van der Waals surface area contributed by atoms with Crippen molar-refractivity contribution < 1.29 is 9.18 Å². The van der Waals surface area contributed by atoms with E-state index in [4.69, 9.17) is 0 Å². The van der Waals surface area contributed by atoms with E-state index in [9.17, 15) is 9.18 Å². The summed E-state index contributed by atoms with van der Waals surface area (Å²) < 4.78 is 12.9. The van der Waals surface area contributed by atoms with Gasteiger partial charge in [0, 0.05) is 31.7 Å². The molecule has 1 aliphatic rings. The van der Waals surface area contributed by atoms with Crippen molar-refractivity contribution in [2.45, 2.75) is 6.92 Å². The molecular weight excluding hydrogens is 307 g/mol. The first kappa shape index (κ1) is 16.4. The number of anilines is 2. The standard InChI is InChI=1S/C18H21FN4O/c1-2-22-9-11-23(12-10-22)16-7-8-17(20-13-16)21-18(24)14-3-5-15(19)6-4-14/h3-8,13H,2,9-12H2,1H3,(H,20,21,24). The molecule has 24 heavy (non-hydrogen) atoms. The van der Waals surface area contributed by atoms with Gasteiger partial charge >= 0.3 is 0 Å². The maximum atomic E-state index is 12.9. The third-order valence-electron chi connectivity index (χ3n) is 4.28. The molecule has 1 saturated heterocycles. The van der Waals surface area contributed by atoms with Gasteiger partial charge in [0.1, 0.15) is 11.6 Å². The highest BCUT2D eigenvalue weighted by molar-refractivity contribution is 6.03. The molecule has 0 spiro atoms. The predicted octanol–water partition coefficient (Wildman–Crippen LogP) is 2.61. The second-order valence-corrected chi connectivity index (χ2v) is 5.78. The summed E-state index contributed by atoms with van der Waals surface area (Å²) in [6.45, 7) is 7.34. The van der Waals surface area contributed by atoms with Crippen molar-refractivity contribution in [3.63, 3.8) is 0 Å². The van der Waals surface area contributed by atoms with Crippen molar-refractivity contribution in [3.8, 4) is 0 Å². The fourth-order valence-electron chi connectivity index (χ4n) is 2.76. The van der Waals surface area contributed by atoms with Gasteiger partial charge in [0.2, 0.25) is 0 Å². The van der Waals surface area contributed by atoms with Crippen LogP contribution in [0.3, 0.4) is 0 Å². The van der Waals surface area contributed by atoms with Crippen LogP contribution in [0.15, 0.2) is 42.6 Å². The van der Waals surface area contributed by atoms with Gasteiger partial charge in [0.05, 0.1) is 11.9 Å². The van der Waals surface area contributed by atoms with E-state index >= 15 is 0 Å². The van der Waals surface area contributed by atoms with Crippen LogP contribution in [-0.2, 0) is 0 Å². The molecule has 1 aliphatic heterocycles. The zero-order valence-corrected chi connectivity index (χ0v) is 13.7. The number of benzene rings is 1. The quantitative estimate of drug-likeness (QED) is 0.937. The number of hydrogen-bond acceptors (Lipinski definition) is 4. The number of piperazine rings is 1. The van der Waals surface area contributed by atoms with Gasteiger partial charge in [-0.1, -0.05) is 6.92 Å². The van der Waals surface area contributed by atoms with Crippen molar-refractivity contribution in [3.05, 3.63) is 54.0 Å². The summed E-state index contributed by atoms with van der Waals surface area (Å²) in [5.74, 6) is -0.177. The van der Waals surface area contributed by atoms with Crippen molar-refractivity contribution >= 4 is 17.4 Å². The Labute approximate surface area is 141 Å². The van der Waals surface area contributed by atoms with E-state index in [0.29, 0.717) is 11.4 Å². The monoisotopic (exact) mass is 328 g/mol. The average molecular weight is 328 g/mol. The van der Waals surface area contributed by atoms with Crippen LogP contribution in [0.2, 0.25) is 0 Å². The maximum absolute atomic E-state index is 12.9. The molecule has 2 aromatic rings. The molecule has 0 bridgehead atoms. The van der Waals surface area contributed by atoms with Crippen molar-refractivity contribution in [2.24, 2.45) is 0 Å². The average Bonchev–Trinajstić information content (AvgIpc) is 2.63. The summed E-state index contributed by atoms with van der Waals surface area (Å²) in [6.07, 6.45) is 1.78. The molecule has 3 rings (SSSR count). The summed E-state index contributed by atoms with van der Waals surface area (Å²) in [5, 5.41) is 2.72. The highest BCUT2D eigenvalue weighted by Gasteiger charge is 2.16. The van der Waals surface area contributed by atoms with Crippen LogP contribution in [0.1, 0.15) is 17.3 Å². The Bertz CT molecular complexity index is 679. The summed E-state index contributed by atoms with van der Waals surface area (Å²) in [6, 6.07) is 9.19. The number of likely N-dealkylation sites (N-methyl/N-ethyl adjacent to an activating group) is 1. The Morgan fingerprint density at radius 1 is 1.12 bits per heavy atom. The molecule has 1 aromatic carbocycles. The van der Waals surface area contributed by atoms with Gasteiger partial charge in [-0.2, -0.15) is 0 Å². The van der Waals surface area contributed by atoms with E-state index < -0.39 is 0 Å². The molecule has 5 nitrogen and oxygen atoms in total. The van der Waals surface area contributed by atoms with Crippen molar-refractivity contribution in [2.75, 3.05) is 42.9 Å². The van der Waals surface area contributed by atoms with Gasteiger partial charge in [0.15, 0.2) is 0 Å². The number of amides is 1. The second-order valence-electron chi connectivity index (χ2n) is 5.78. The van der Waals surface area contributed by atoms with Crippen LogP contribution in [0, 0.1) is 5.82 Å². The zero-order valence-electron chi connectivity index (χ0n) is 13.7. The number of carbonyl (C=O) groups is 1. The normalized spacial score (nSPS) is 15.3. The molecule has 6 heteroatoms. The molecule has 1 aromatic heterocycles. The summed E-state index contributed by atoms with van der Waals surface area (Å²) >= 11 is 0. The summed E-state index contributed by atoms with van der Waals surface area (Å²) in [5.41, 5.74) is 1.46. The molecule has 126 valence electrons. The molecule has 0 atom stereocenters. The number of halogens is 1. The van der Waals surface area contributed by atoms with Gasteiger partial charge in [-0.15, -0.1) is 0 Å². The van der Waals surface area contributed by atoms with E-state index in [1.165, 1.54) is 24.3 Å². The Kier molecular flexibility index (Phi) is 5.05. The lowest BCUT2D eigenvalue weighted by Crippen LogP contribution is -2.46. The minimum atomic E-state index is -0.364. The molecule has 0 saturated carbocycles.